The van der Waals surface area contributed by atoms with Crippen molar-refractivity contribution in [1.29, 1.82) is 0 Å². The zero-order valence-electron chi connectivity index (χ0n) is 13.9. The average Bonchev–Trinajstić information content (AvgIpc) is 2.97. The first kappa shape index (κ1) is 15.7. The van der Waals surface area contributed by atoms with Gasteiger partial charge in [0.05, 0.1) is 6.54 Å². The van der Waals surface area contributed by atoms with Crippen LogP contribution in [0.15, 0.2) is 34.7 Å². The number of carbonyl (C=O) groups is 1. The molecule has 4 nitrogen and oxygen atoms in total. The molecule has 0 spiro atoms. The molecule has 23 heavy (non-hydrogen) atoms. The average molecular weight is 312 g/mol. The van der Waals surface area contributed by atoms with Crippen molar-refractivity contribution in [3.63, 3.8) is 0 Å². The molecule has 1 aliphatic carbocycles. The highest BCUT2D eigenvalue weighted by Gasteiger charge is 2.12. The van der Waals surface area contributed by atoms with Crippen LogP contribution in [0.1, 0.15) is 41.1 Å². The topological polar surface area (TPSA) is 45.5 Å². The van der Waals surface area contributed by atoms with Gasteiger partial charge in [0.2, 0.25) is 0 Å². The van der Waals surface area contributed by atoms with Gasteiger partial charge in [-0.15, -0.1) is 0 Å². The Hall–Kier alpha value is -2.23. The third kappa shape index (κ3) is 3.95. The van der Waals surface area contributed by atoms with E-state index in [0.717, 1.165) is 17.9 Å². The quantitative estimate of drug-likeness (QED) is 0.933. The van der Waals surface area contributed by atoms with Crippen molar-refractivity contribution in [1.82, 2.24) is 10.2 Å². The van der Waals surface area contributed by atoms with E-state index in [1.807, 2.05) is 19.1 Å². The Balaban J connectivity index is 1.54. The zero-order chi connectivity index (χ0) is 16.2. The number of aryl methyl sites for hydroxylation is 3. The Labute approximate surface area is 137 Å². The van der Waals surface area contributed by atoms with Crippen molar-refractivity contribution in [3.8, 4) is 0 Å². The molecule has 0 aliphatic heterocycles. The van der Waals surface area contributed by atoms with Crippen LogP contribution in [0.4, 0.5) is 4.79 Å². The largest absolute Gasteiger partial charge is 0.464 e. The summed E-state index contributed by atoms with van der Waals surface area (Å²) in [5.74, 6) is 1.66. The summed E-state index contributed by atoms with van der Waals surface area (Å²) >= 11 is 0. The molecule has 0 bridgehead atoms. The second-order valence-electron chi connectivity index (χ2n) is 6.34. The Morgan fingerprint density at radius 1 is 1.17 bits per heavy atom. The highest BCUT2D eigenvalue weighted by molar-refractivity contribution is 5.73. The summed E-state index contributed by atoms with van der Waals surface area (Å²) in [6, 6.07) is 10.3. The maximum Gasteiger partial charge on any atom is 0.317 e. The molecule has 1 heterocycles. The summed E-state index contributed by atoms with van der Waals surface area (Å²) in [4.78, 5) is 13.8. The molecule has 0 unspecified atom stereocenters. The molecule has 1 aliphatic rings. The van der Waals surface area contributed by atoms with Gasteiger partial charge in [0.15, 0.2) is 0 Å². The van der Waals surface area contributed by atoms with Crippen molar-refractivity contribution in [2.24, 2.45) is 0 Å². The van der Waals surface area contributed by atoms with Crippen molar-refractivity contribution >= 4 is 6.03 Å². The lowest BCUT2D eigenvalue weighted by atomic mass is 9.90. The minimum Gasteiger partial charge on any atom is -0.464 e. The van der Waals surface area contributed by atoms with Gasteiger partial charge >= 0.3 is 6.03 Å². The summed E-state index contributed by atoms with van der Waals surface area (Å²) in [6.45, 7) is 2.94. The molecular weight excluding hydrogens is 288 g/mol. The second-order valence-corrected chi connectivity index (χ2v) is 6.34. The normalized spacial score (nSPS) is 13.5. The summed E-state index contributed by atoms with van der Waals surface area (Å²) in [7, 11) is 1.78. The van der Waals surface area contributed by atoms with E-state index in [1.165, 1.54) is 36.0 Å². The van der Waals surface area contributed by atoms with Crippen LogP contribution in [0.3, 0.4) is 0 Å². The molecule has 0 saturated carbocycles. The molecule has 2 amide bonds. The predicted octanol–water partition coefficient (Wildman–Crippen LogP) is 3.81. The fourth-order valence-corrected chi connectivity index (χ4v) is 3.09. The van der Waals surface area contributed by atoms with Crippen molar-refractivity contribution < 1.29 is 9.21 Å². The predicted molar refractivity (Wildman–Crippen MR) is 90.2 cm³/mol. The lowest BCUT2D eigenvalue weighted by Gasteiger charge is -2.19. The number of carbonyl (C=O) groups excluding carboxylic acids is 1. The van der Waals surface area contributed by atoms with Gasteiger partial charge in [0.1, 0.15) is 11.5 Å². The number of hydrogen-bond acceptors (Lipinski definition) is 2. The summed E-state index contributed by atoms with van der Waals surface area (Å²) in [5.41, 5.74) is 4.08. The van der Waals surface area contributed by atoms with Gasteiger partial charge in [-0.2, -0.15) is 0 Å². The van der Waals surface area contributed by atoms with Crippen molar-refractivity contribution in [2.45, 2.75) is 45.7 Å². The number of benzene rings is 1. The highest BCUT2D eigenvalue weighted by Crippen LogP contribution is 2.22. The van der Waals surface area contributed by atoms with Crippen LogP contribution < -0.4 is 5.32 Å². The van der Waals surface area contributed by atoms with Crippen LogP contribution in [-0.4, -0.2) is 18.0 Å². The first-order valence-electron chi connectivity index (χ1n) is 8.27. The molecule has 1 aromatic heterocycles. The van der Waals surface area contributed by atoms with Crippen LogP contribution in [0, 0.1) is 6.92 Å². The lowest BCUT2D eigenvalue weighted by molar-refractivity contribution is 0.202. The number of amides is 2. The number of furan rings is 1. The molecule has 4 heteroatoms. The lowest BCUT2D eigenvalue weighted by Crippen LogP contribution is -2.36. The van der Waals surface area contributed by atoms with Gasteiger partial charge in [-0.1, -0.05) is 18.2 Å². The number of fused-ring (bicyclic) bond motifs is 1. The number of urea groups is 1. The standard InChI is InChI=1S/C19H24N2O2/c1-14-7-10-18(23-14)13-21(2)19(22)20-12-15-8-9-16-5-3-4-6-17(16)11-15/h7-11H,3-6,12-13H2,1-2H3,(H,20,22). The molecular formula is C19H24N2O2. The number of hydrogen-bond donors (Lipinski definition) is 1. The van der Waals surface area contributed by atoms with E-state index in [1.54, 1.807) is 11.9 Å². The first-order chi connectivity index (χ1) is 11.1. The molecule has 1 N–H and O–H groups in total. The maximum atomic E-state index is 12.2. The zero-order valence-corrected chi connectivity index (χ0v) is 13.9. The van der Waals surface area contributed by atoms with Crippen LogP contribution in [0.25, 0.3) is 0 Å². The van der Waals surface area contributed by atoms with Crippen LogP contribution in [0.2, 0.25) is 0 Å². The Bertz CT molecular complexity index is 690. The Morgan fingerprint density at radius 3 is 2.70 bits per heavy atom. The van der Waals surface area contributed by atoms with E-state index >= 15 is 0 Å². The minimum atomic E-state index is -0.0863. The maximum absolute atomic E-state index is 12.2. The Kier molecular flexibility index (Phi) is 4.70. The van der Waals surface area contributed by atoms with Crippen LogP contribution in [0.5, 0.6) is 0 Å². The molecule has 122 valence electrons. The molecule has 0 atom stereocenters. The van der Waals surface area contributed by atoms with Crippen LogP contribution >= 0.6 is 0 Å². The first-order valence-corrected chi connectivity index (χ1v) is 8.27. The SMILES string of the molecule is Cc1ccc(CN(C)C(=O)NCc2ccc3c(c2)CCCC3)o1. The minimum absolute atomic E-state index is 0.0863. The van der Waals surface area contributed by atoms with E-state index < -0.39 is 0 Å². The molecule has 0 fully saturated rings. The fraction of sp³-hybridized carbons (Fsp3) is 0.421. The summed E-state index contributed by atoms with van der Waals surface area (Å²) < 4.78 is 5.51. The second kappa shape index (κ2) is 6.90. The van der Waals surface area contributed by atoms with Crippen LogP contribution in [-0.2, 0) is 25.9 Å². The number of nitrogens with one attached hydrogen (secondary N) is 1. The summed E-state index contributed by atoms with van der Waals surface area (Å²) in [6.07, 6.45) is 4.91. The molecule has 3 rings (SSSR count). The molecule has 0 radical (unpaired) electrons. The third-order valence-electron chi connectivity index (χ3n) is 4.39. The molecule has 0 saturated heterocycles. The van der Waals surface area contributed by atoms with E-state index in [9.17, 15) is 4.79 Å². The van der Waals surface area contributed by atoms with Gasteiger partial charge in [0, 0.05) is 13.6 Å². The van der Waals surface area contributed by atoms with Gasteiger partial charge < -0.3 is 14.6 Å². The molecule has 2 aromatic rings. The van der Waals surface area contributed by atoms with Crippen molar-refractivity contribution in [2.75, 3.05) is 7.05 Å². The van der Waals surface area contributed by atoms with Crippen molar-refractivity contribution in [3.05, 3.63) is 58.5 Å². The third-order valence-corrected chi connectivity index (χ3v) is 4.39. The molecule has 1 aromatic carbocycles. The number of rotatable bonds is 4. The highest BCUT2D eigenvalue weighted by atomic mass is 16.3. The van der Waals surface area contributed by atoms with E-state index in [2.05, 4.69) is 23.5 Å². The van der Waals surface area contributed by atoms with Gasteiger partial charge in [-0.05, 0) is 61.4 Å². The Morgan fingerprint density at radius 2 is 1.96 bits per heavy atom. The smallest absolute Gasteiger partial charge is 0.317 e. The van der Waals surface area contributed by atoms with Gasteiger partial charge in [-0.3, -0.25) is 0 Å². The van der Waals surface area contributed by atoms with E-state index in [0.29, 0.717) is 13.1 Å². The monoisotopic (exact) mass is 312 g/mol. The van der Waals surface area contributed by atoms with E-state index in [-0.39, 0.29) is 6.03 Å². The van der Waals surface area contributed by atoms with Gasteiger partial charge in [0.25, 0.3) is 0 Å². The number of nitrogens with zero attached hydrogens (tertiary/aromatic N) is 1. The van der Waals surface area contributed by atoms with E-state index in [4.69, 9.17) is 4.42 Å². The van der Waals surface area contributed by atoms with Gasteiger partial charge in [-0.25, -0.2) is 4.79 Å². The fourth-order valence-electron chi connectivity index (χ4n) is 3.09. The summed E-state index contributed by atoms with van der Waals surface area (Å²) in [5, 5.41) is 2.98.